The molecule has 0 heterocycles. The largest absolute Gasteiger partial charge is 0.313 e. The van der Waals surface area contributed by atoms with E-state index in [-0.39, 0.29) is 11.9 Å². The molecular weight excluding hydrogens is 408 g/mol. The second kappa shape index (κ2) is 7.03. The summed E-state index contributed by atoms with van der Waals surface area (Å²) in [5.74, 6) is -0.248. The summed E-state index contributed by atoms with van der Waals surface area (Å²) < 4.78 is 14.7. The number of hydrogen-bond donors (Lipinski definition) is 1. The van der Waals surface area contributed by atoms with Crippen molar-refractivity contribution in [1.82, 2.24) is 5.32 Å². The third-order valence-corrected chi connectivity index (χ3v) is 4.64. The highest BCUT2D eigenvalue weighted by atomic mass is 79.9. The third kappa shape index (κ3) is 3.82. The van der Waals surface area contributed by atoms with Gasteiger partial charge >= 0.3 is 0 Å². The minimum atomic E-state index is -0.248. The summed E-state index contributed by atoms with van der Waals surface area (Å²) in [4.78, 5) is 0. The highest BCUT2D eigenvalue weighted by Crippen LogP contribution is 2.29. The highest BCUT2D eigenvalue weighted by Gasteiger charge is 2.14. The lowest BCUT2D eigenvalue weighted by molar-refractivity contribution is 0.585. The minimum absolute atomic E-state index is 0.124. The first kappa shape index (κ1) is 16.0. The van der Waals surface area contributed by atoms with Gasteiger partial charge in [0.2, 0.25) is 0 Å². The Hall–Kier alpha value is -0.420. The number of halogens is 4. The van der Waals surface area contributed by atoms with Crippen LogP contribution in [-0.4, -0.2) is 7.05 Å². The maximum Gasteiger partial charge on any atom is 0.137 e. The van der Waals surface area contributed by atoms with E-state index in [2.05, 4.69) is 37.2 Å². The van der Waals surface area contributed by atoms with Crippen LogP contribution in [0.3, 0.4) is 0 Å². The van der Waals surface area contributed by atoms with E-state index in [1.165, 1.54) is 6.07 Å². The number of benzene rings is 2. The van der Waals surface area contributed by atoms with Crippen molar-refractivity contribution < 1.29 is 4.39 Å². The number of rotatable bonds is 4. The van der Waals surface area contributed by atoms with Crippen molar-refractivity contribution in [3.05, 3.63) is 67.3 Å². The Balaban J connectivity index is 2.26. The molecule has 0 fully saturated rings. The molecule has 0 aliphatic heterocycles. The van der Waals surface area contributed by atoms with Gasteiger partial charge in [-0.15, -0.1) is 0 Å². The quantitative estimate of drug-likeness (QED) is 0.687. The average molecular weight is 422 g/mol. The lowest BCUT2D eigenvalue weighted by Gasteiger charge is -2.19. The van der Waals surface area contributed by atoms with Gasteiger partial charge in [-0.05, 0) is 64.8 Å². The molecule has 0 spiro atoms. The Morgan fingerprint density at radius 3 is 2.50 bits per heavy atom. The van der Waals surface area contributed by atoms with E-state index in [4.69, 9.17) is 11.6 Å². The van der Waals surface area contributed by atoms with Gasteiger partial charge in [0.15, 0.2) is 0 Å². The van der Waals surface area contributed by atoms with Gasteiger partial charge in [-0.1, -0.05) is 39.7 Å². The van der Waals surface area contributed by atoms with Gasteiger partial charge in [-0.25, -0.2) is 4.39 Å². The van der Waals surface area contributed by atoms with E-state index in [1.807, 2.05) is 31.3 Å². The first-order valence-corrected chi connectivity index (χ1v) is 8.04. The SMILES string of the molecule is CNC(Cc1ccc(F)c(Br)c1)c1ccc(Cl)cc1Br. The molecule has 1 nitrogen and oxygen atoms in total. The monoisotopic (exact) mass is 419 g/mol. The Bertz CT molecular complexity index is 619. The van der Waals surface area contributed by atoms with Gasteiger partial charge in [0.1, 0.15) is 5.82 Å². The fourth-order valence-corrected chi connectivity index (χ4v) is 3.44. The molecule has 2 aromatic carbocycles. The molecule has 1 unspecified atom stereocenters. The Labute approximate surface area is 139 Å². The number of nitrogens with one attached hydrogen (secondary N) is 1. The molecule has 1 N–H and O–H groups in total. The molecule has 106 valence electrons. The lowest BCUT2D eigenvalue weighted by atomic mass is 9.99. The Morgan fingerprint density at radius 1 is 1.15 bits per heavy atom. The molecule has 0 aliphatic carbocycles. The van der Waals surface area contributed by atoms with Crippen LogP contribution < -0.4 is 5.32 Å². The van der Waals surface area contributed by atoms with Gasteiger partial charge in [-0.2, -0.15) is 0 Å². The summed E-state index contributed by atoms with van der Waals surface area (Å²) >= 11 is 12.7. The molecule has 0 aliphatic rings. The van der Waals surface area contributed by atoms with E-state index in [0.717, 1.165) is 22.0 Å². The van der Waals surface area contributed by atoms with Gasteiger partial charge in [0.25, 0.3) is 0 Å². The molecule has 0 amide bonds. The fraction of sp³-hybridized carbons (Fsp3) is 0.200. The van der Waals surface area contributed by atoms with Gasteiger partial charge in [0.05, 0.1) is 4.47 Å². The predicted octanol–water partition coefficient (Wildman–Crippen LogP) is 5.51. The first-order valence-electron chi connectivity index (χ1n) is 6.07. The van der Waals surface area contributed by atoms with Gasteiger partial charge in [-0.3, -0.25) is 0 Å². The summed E-state index contributed by atoms with van der Waals surface area (Å²) in [6.07, 6.45) is 0.760. The minimum Gasteiger partial charge on any atom is -0.313 e. The zero-order valence-corrected chi connectivity index (χ0v) is 14.7. The summed E-state index contributed by atoms with van der Waals surface area (Å²) in [7, 11) is 1.91. The Morgan fingerprint density at radius 2 is 1.90 bits per heavy atom. The van der Waals surface area contributed by atoms with Crippen molar-refractivity contribution in [3.63, 3.8) is 0 Å². The summed E-state index contributed by atoms with van der Waals surface area (Å²) in [6, 6.07) is 10.9. The van der Waals surface area contributed by atoms with Crippen molar-refractivity contribution in [1.29, 1.82) is 0 Å². The lowest BCUT2D eigenvalue weighted by Crippen LogP contribution is -2.19. The molecule has 2 rings (SSSR count). The summed E-state index contributed by atoms with van der Waals surface area (Å²) in [6.45, 7) is 0. The van der Waals surface area contributed by atoms with E-state index in [1.54, 1.807) is 6.07 Å². The van der Waals surface area contributed by atoms with Crippen LogP contribution in [0.25, 0.3) is 0 Å². The number of likely N-dealkylation sites (N-methyl/N-ethyl adjacent to an activating group) is 1. The van der Waals surface area contributed by atoms with Crippen molar-refractivity contribution >= 4 is 43.5 Å². The molecule has 0 radical (unpaired) electrons. The summed E-state index contributed by atoms with van der Waals surface area (Å²) in [5, 5.41) is 3.97. The molecule has 0 aromatic heterocycles. The third-order valence-electron chi connectivity index (χ3n) is 3.11. The van der Waals surface area contributed by atoms with Crippen LogP contribution in [-0.2, 0) is 6.42 Å². The first-order chi connectivity index (χ1) is 9.51. The zero-order chi connectivity index (χ0) is 14.7. The van der Waals surface area contributed by atoms with Crippen LogP contribution in [0.15, 0.2) is 45.3 Å². The zero-order valence-electron chi connectivity index (χ0n) is 10.8. The van der Waals surface area contributed by atoms with Crippen molar-refractivity contribution in [3.8, 4) is 0 Å². The van der Waals surface area contributed by atoms with Crippen LogP contribution >= 0.6 is 43.5 Å². The molecule has 0 saturated heterocycles. The smallest absolute Gasteiger partial charge is 0.137 e. The molecule has 20 heavy (non-hydrogen) atoms. The van der Waals surface area contributed by atoms with Crippen LogP contribution in [0.2, 0.25) is 5.02 Å². The van der Waals surface area contributed by atoms with Crippen LogP contribution in [0, 0.1) is 5.82 Å². The molecule has 1 atom stereocenters. The molecule has 2 aromatic rings. The number of hydrogen-bond acceptors (Lipinski definition) is 1. The van der Waals surface area contributed by atoms with E-state index in [9.17, 15) is 4.39 Å². The van der Waals surface area contributed by atoms with Crippen molar-refractivity contribution in [2.75, 3.05) is 7.05 Å². The van der Waals surface area contributed by atoms with Crippen molar-refractivity contribution in [2.45, 2.75) is 12.5 Å². The van der Waals surface area contributed by atoms with Crippen LogP contribution in [0.4, 0.5) is 4.39 Å². The standard InChI is InChI=1S/C15H13Br2ClFN/c1-20-15(11-4-3-10(18)8-12(11)16)7-9-2-5-14(19)13(17)6-9/h2-6,8,15,20H,7H2,1H3. The second-order valence-electron chi connectivity index (χ2n) is 4.46. The maximum absolute atomic E-state index is 13.3. The van der Waals surface area contributed by atoms with Crippen molar-refractivity contribution in [2.24, 2.45) is 0 Å². The maximum atomic E-state index is 13.3. The van der Waals surface area contributed by atoms with E-state index < -0.39 is 0 Å². The summed E-state index contributed by atoms with van der Waals surface area (Å²) in [5.41, 5.74) is 2.18. The highest BCUT2D eigenvalue weighted by molar-refractivity contribution is 9.10. The second-order valence-corrected chi connectivity index (χ2v) is 6.60. The topological polar surface area (TPSA) is 12.0 Å². The normalized spacial score (nSPS) is 12.4. The molecular formula is C15H13Br2ClFN. The molecule has 0 saturated carbocycles. The molecule has 5 heteroatoms. The van der Waals surface area contributed by atoms with Gasteiger partial charge in [0, 0.05) is 15.5 Å². The average Bonchev–Trinajstić information content (AvgIpc) is 2.41. The van der Waals surface area contributed by atoms with E-state index in [0.29, 0.717) is 9.50 Å². The molecule has 0 bridgehead atoms. The Kier molecular flexibility index (Phi) is 5.61. The van der Waals surface area contributed by atoms with E-state index >= 15 is 0 Å². The van der Waals surface area contributed by atoms with Crippen LogP contribution in [0.1, 0.15) is 17.2 Å². The predicted molar refractivity (Wildman–Crippen MR) is 88.8 cm³/mol. The fourth-order valence-electron chi connectivity index (χ4n) is 2.05. The van der Waals surface area contributed by atoms with Crippen LogP contribution in [0.5, 0.6) is 0 Å². The van der Waals surface area contributed by atoms with Gasteiger partial charge < -0.3 is 5.32 Å².